The van der Waals surface area contributed by atoms with E-state index in [1.165, 1.54) is 6.07 Å². The average Bonchev–Trinajstić information content (AvgIpc) is 3.00. The Hall–Kier alpha value is -1.43. The highest BCUT2D eigenvalue weighted by Crippen LogP contribution is 2.39. The van der Waals surface area contributed by atoms with Crippen LogP contribution in [0.25, 0.3) is 0 Å². The lowest BCUT2D eigenvalue weighted by Gasteiger charge is -2.25. The molecule has 7 heteroatoms. The van der Waals surface area contributed by atoms with Crippen LogP contribution in [0.3, 0.4) is 0 Å². The highest BCUT2D eigenvalue weighted by atomic mass is 35.5. The SMILES string of the molecule is Fc1cncc([C@@H](Oc2c(Cl)cc(F)cc2Cl)C2CCNC2)c1. The van der Waals surface area contributed by atoms with Crippen molar-refractivity contribution in [3.63, 3.8) is 0 Å². The van der Waals surface area contributed by atoms with Gasteiger partial charge in [0.2, 0.25) is 0 Å². The van der Waals surface area contributed by atoms with Crippen molar-refractivity contribution in [1.82, 2.24) is 10.3 Å². The topological polar surface area (TPSA) is 34.1 Å². The summed E-state index contributed by atoms with van der Waals surface area (Å²) in [5.41, 5.74) is 0.593. The summed E-state index contributed by atoms with van der Waals surface area (Å²) in [5, 5.41) is 3.40. The first-order valence-corrected chi connectivity index (χ1v) is 7.92. The maximum absolute atomic E-state index is 13.5. The van der Waals surface area contributed by atoms with E-state index in [2.05, 4.69) is 10.3 Å². The van der Waals surface area contributed by atoms with Crippen molar-refractivity contribution in [1.29, 1.82) is 0 Å². The number of nitrogens with zero attached hydrogens (tertiary/aromatic N) is 1. The minimum absolute atomic E-state index is 0.0790. The summed E-state index contributed by atoms with van der Waals surface area (Å²) in [6.07, 6.45) is 3.06. The molecule has 3 nitrogen and oxygen atoms in total. The molecule has 0 spiro atoms. The number of benzene rings is 1. The molecule has 0 radical (unpaired) electrons. The van der Waals surface area contributed by atoms with E-state index >= 15 is 0 Å². The van der Waals surface area contributed by atoms with Crippen LogP contribution in [-0.2, 0) is 0 Å². The minimum atomic E-state index is -0.543. The number of hydrogen-bond donors (Lipinski definition) is 1. The Kier molecular flexibility index (Phi) is 4.99. The van der Waals surface area contributed by atoms with Crippen LogP contribution in [0.4, 0.5) is 8.78 Å². The van der Waals surface area contributed by atoms with Gasteiger partial charge in [-0.15, -0.1) is 0 Å². The summed E-state index contributed by atoms with van der Waals surface area (Å²) < 4.78 is 32.8. The van der Waals surface area contributed by atoms with Gasteiger partial charge in [-0.25, -0.2) is 8.78 Å². The van der Waals surface area contributed by atoms with E-state index in [-0.39, 0.29) is 21.7 Å². The van der Waals surface area contributed by atoms with Gasteiger partial charge in [0.25, 0.3) is 0 Å². The molecule has 2 heterocycles. The normalized spacial score (nSPS) is 18.9. The monoisotopic (exact) mass is 358 g/mol. The van der Waals surface area contributed by atoms with Crippen LogP contribution in [0.15, 0.2) is 30.6 Å². The number of aromatic nitrogens is 1. The fraction of sp³-hybridized carbons (Fsp3) is 0.312. The molecule has 2 aromatic rings. The van der Waals surface area contributed by atoms with Gasteiger partial charge in [0.05, 0.1) is 16.2 Å². The van der Waals surface area contributed by atoms with Gasteiger partial charge in [0.15, 0.2) is 5.75 Å². The first-order chi connectivity index (χ1) is 11.0. The lowest BCUT2D eigenvalue weighted by molar-refractivity contribution is 0.144. The molecular formula is C16H14Cl2F2N2O. The Morgan fingerprint density at radius 1 is 1.13 bits per heavy atom. The first-order valence-electron chi connectivity index (χ1n) is 7.17. The highest BCUT2D eigenvalue weighted by Gasteiger charge is 2.30. The Bertz CT molecular complexity index is 685. The number of halogens is 4. The van der Waals surface area contributed by atoms with E-state index in [1.54, 1.807) is 6.20 Å². The Morgan fingerprint density at radius 2 is 1.87 bits per heavy atom. The molecule has 2 atom stereocenters. The second kappa shape index (κ2) is 6.99. The smallest absolute Gasteiger partial charge is 0.157 e. The number of pyridine rings is 1. The van der Waals surface area contributed by atoms with Crippen molar-refractivity contribution in [2.45, 2.75) is 12.5 Å². The van der Waals surface area contributed by atoms with E-state index in [9.17, 15) is 8.78 Å². The van der Waals surface area contributed by atoms with Crippen LogP contribution in [0.1, 0.15) is 18.1 Å². The Labute approximate surface area is 142 Å². The van der Waals surface area contributed by atoms with Crippen LogP contribution < -0.4 is 10.1 Å². The molecule has 122 valence electrons. The second-order valence-corrected chi connectivity index (χ2v) is 6.24. The molecule has 1 aliphatic heterocycles. The molecule has 1 unspecified atom stereocenters. The third kappa shape index (κ3) is 3.74. The van der Waals surface area contributed by atoms with Crippen molar-refractivity contribution in [2.75, 3.05) is 13.1 Å². The molecule has 1 saturated heterocycles. The molecule has 0 aliphatic carbocycles. The van der Waals surface area contributed by atoms with E-state index in [1.807, 2.05) is 0 Å². The number of ether oxygens (including phenoxy) is 1. The fourth-order valence-electron chi connectivity index (χ4n) is 2.72. The molecule has 3 rings (SSSR count). The van der Waals surface area contributed by atoms with Crippen LogP contribution in [0.5, 0.6) is 5.75 Å². The standard InChI is InChI=1S/C16H14Cl2F2N2O/c17-13-4-11(19)5-14(18)16(13)23-15(9-1-2-21-6-9)10-3-12(20)8-22-7-10/h3-5,7-9,15,21H,1-2,6H2/t9?,15-/m0/s1. The Balaban J connectivity index is 1.96. The van der Waals surface area contributed by atoms with Crippen molar-refractivity contribution in [3.05, 3.63) is 57.8 Å². The molecule has 1 aromatic heterocycles. The molecule has 0 saturated carbocycles. The van der Waals surface area contributed by atoms with Crippen molar-refractivity contribution in [3.8, 4) is 5.75 Å². The van der Waals surface area contributed by atoms with Gasteiger partial charge in [-0.3, -0.25) is 4.98 Å². The quantitative estimate of drug-likeness (QED) is 0.879. The maximum Gasteiger partial charge on any atom is 0.157 e. The van der Waals surface area contributed by atoms with E-state index in [4.69, 9.17) is 27.9 Å². The van der Waals surface area contributed by atoms with Crippen LogP contribution in [0.2, 0.25) is 10.0 Å². The summed E-state index contributed by atoms with van der Waals surface area (Å²) >= 11 is 12.1. The molecule has 1 aromatic carbocycles. The molecule has 0 bridgehead atoms. The molecule has 1 N–H and O–H groups in total. The fourth-order valence-corrected chi connectivity index (χ4v) is 3.27. The van der Waals surface area contributed by atoms with E-state index in [0.29, 0.717) is 5.56 Å². The zero-order chi connectivity index (χ0) is 16.4. The molecule has 1 aliphatic rings. The van der Waals surface area contributed by atoms with Gasteiger partial charge in [0.1, 0.15) is 17.7 Å². The van der Waals surface area contributed by atoms with Crippen molar-refractivity contribution < 1.29 is 13.5 Å². The van der Waals surface area contributed by atoms with Crippen LogP contribution >= 0.6 is 23.2 Å². The van der Waals surface area contributed by atoms with Gasteiger partial charge in [-0.1, -0.05) is 23.2 Å². The average molecular weight is 359 g/mol. The molecule has 23 heavy (non-hydrogen) atoms. The van der Waals surface area contributed by atoms with Gasteiger partial charge < -0.3 is 10.1 Å². The van der Waals surface area contributed by atoms with Crippen molar-refractivity contribution in [2.24, 2.45) is 5.92 Å². The number of rotatable bonds is 4. The van der Waals surface area contributed by atoms with Crippen LogP contribution in [-0.4, -0.2) is 18.1 Å². The van der Waals surface area contributed by atoms with Gasteiger partial charge >= 0.3 is 0 Å². The summed E-state index contributed by atoms with van der Waals surface area (Å²) in [5.74, 6) is -0.691. The third-order valence-corrected chi connectivity index (χ3v) is 4.35. The highest BCUT2D eigenvalue weighted by molar-refractivity contribution is 6.37. The maximum atomic E-state index is 13.5. The van der Waals surface area contributed by atoms with E-state index in [0.717, 1.165) is 37.8 Å². The summed E-state index contributed by atoms with van der Waals surface area (Å²) in [7, 11) is 0. The van der Waals surface area contributed by atoms with Gasteiger partial charge in [-0.05, 0) is 31.2 Å². The Morgan fingerprint density at radius 3 is 2.48 bits per heavy atom. The number of hydrogen-bond acceptors (Lipinski definition) is 3. The lowest BCUT2D eigenvalue weighted by Crippen LogP contribution is -2.22. The van der Waals surface area contributed by atoms with Gasteiger partial charge in [-0.2, -0.15) is 0 Å². The molecule has 0 amide bonds. The third-order valence-electron chi connectivity index (χ3n) is 3.79. The van der Waals surface area contributed by atoms with Crippen molar-refractivity contribution >= 4 is 23.2 Å². The van der Waals surface area contributed by atoms with Gasteiger partial charge in [0, 0.05) is 24.2 Å². The molecular weight excluding hydrogens is 345 g/mol. The minimum Gasteiger partial charge on any atom is -0.482 e. The van der Waals surface area contributed by atoms with E-state index < -0.39 is 17.7 Å². The largest absolute Gasteiger partial charge is 0.482 e. The summed E-state index contributed by atoms with van der Waals surface area (Å²) in [6.45, 7) is 1.57. The summed E-state index contributed by atoms with van der Waals surface area (Å²) in [4.78, 5) is 3.88. The van der Waals surface area contributed by atoms with Crippen LogP contribution in [0, 0.1) is 17.6 Å². The number of nitrogens with one attached hydrogen (secondary N) is 1. The zero-order valence-corrected chi connectivity index (χ0v) is 13.5. The second-order valence-electron chi connectivity index (χ2n) is 5.43. The zero-order valence-electron chi connectivity index (χ0n) is 12.0. The predicted octanol–water partition coefficient (Wildman–Crippen LogP) is 4.40. The summed E-state index contributed by atoms with van der Waals surface area (Å²) in [6, 6.07) is 3.65. The predicted molar refractivity (Wildman–Crippen MR) is 85.0 cm³/mol. The molecule has 1 fully saturated rings. The first kappa shape index (κ1) is 16.4. The lowest BCUT2D eigenvalue weighted by atomic mass is 9.96.